The Morgan fingerprint density at radius 3 is 2.75 bits per heavy atom. The summed E-state index contributed by atoms with van der Waals surface area (Å²) >= 11 is 0. The summed E-state index contributed by atoms with van der Waals surface area (Å²) in [6.45, 7) is 7.86. The fourth-order valence-corrected chi connectivity index (χ4v) is 4.44. The molecule has 2 amide bonds. The summed E-state index contributed by atoms with van der Waals surface area (Å²) in [7, 11) is 0. The third kappa shape index (κ3) is 3.06. The first-order valence-corrected chi connectivity index (χ1v) is 9.87. The van der Waals surface area contributed by atoms with Gasteiger partial charge in [-0.1, -0.05) is 6.07 Å². The molecule has 0 aliphatic carbocycles. The number of piperidine rings is 1. The van der Waals surface area contributed by atoms with Gasteiger partial charge in [-0.15, -0.1) is 5.10 Å². The van der Waals surface area contributed by atoms with Crippen molar-refractivity contribution >= 4 is 11.8 Å². The van der Waals surface area contributed by atoms with Crippen molar-refractivity contribution in [1.82, 2.24) is 30.0 Å². The van der Waals surface area contributed by atoms with Crippen LogP contribution >= 0.6 is 0 Å². The van der Waals surface area contributed by atoms with Crippen LogP contribution in [0.4, 0.5) is 0 Å². The maximum Gasteiger partial charge on any atom is 0.253 e. The van der Waals surface area contributed by atoms with E-state index in [-0.39, 0.29) is 17.9 Å². The molecule has 0 N–H and O–H groups in total. The Morgan fingerprint density at radius 1 is 1.21 bits per heavy atom. The number of rotatable bonds is 3. The van der Waals surface area contributed by atoms with E-state index in [2.05, 4.69) is 29.4 Å². The molecule has 2 fully saturated rings. The lowest BCUT2D eigenvalue weighted by molar-refractivity contribution is -0.147. The van der Waals surface area contributed by atoms with E-state index >= 15 is 0 Å². The monoisotopic (exact) mass is 382 g/mol. The summed E-state index contributed by atoms with van der Waals surface area (Å²) < 4.78 is 1.60. The van der Waals surface area contributed by atoms with Gasteiger partial charge in [-0.3, -0.25) is 9.59 Å². The summed E-state index contributed by atoms with van der Waals surface area (Å²) in [4.78, 5) is 30.0. The predicted molar refractivity (Wildman–Crippen MR) is 103 cm³/mol. The maximum absolute atomic E-state index is 13.1. The molecule has 1 spiro atoms. The quantitative estimate of drug-likeness (QED) is 0.809. The SMILES string of the molecule is Cc1nnnn1-c1cccc(C(=O)N2CC[C@]3(CCCN(C(C)C)C3=O)C2)c1. The van der Waals surface area contributed by atoms with Gasteiger partial charge < -0.3 is 9.80 Å². The molecular formula is C20H26N6O2. The Bertz CT molecular complexity index is 908. The highest BCUT2D eigenvalue weighted by Crippen LogP contribution is 2.41. The van der Waals surface area contributed by atoms with Crippen LogP contribution in [0.15, 0.2) is 24.3 Å². The first-order valence-electron chi connectivity index (χ1n) is 9.87. The van der Waals surface area contributed by atoms with Crippen LogP contribution in [-0.2, 0) is 4.79 Å². The molecule has 2 aliphatic heterocycles. The molecular weight excluding hydrogens is 356 g/mol. The average molecular weight is 382 g/mol. The molecule has 0 saturated carbocycles. The summed E-state index contributed by atoms with van der Waals surface area (Å²) in [6, 6.07) is 7.52. The van der Waals surface area contributed by atoms with Gasteiger partial charge in [0.1, 0.15) is 0 Å². The van der Waals surface area contributed by atoms with Crippen molar-refractivity contribution in [3.8, 4) is 5.69 Å². The fraction of sp³-hybridized carbons (Fsp3) is 0.550. The minimum Gasteiger partial charge on any atom is -0.340 e. The third-order valence-corrected chi connectivity index (χ3v) is 6.00. The van der Waals surface area contributed by atoms with Crippen molar-refractivity contribution in [3.05, 3.63) is 35.7 Å². The molecule has 0 unspecified atom stereocenters. The standard InChI is InChI=1S/C20H26N6O2/c1-14(2)25-10-5-8-20(19(25)28)9-11-24(13-20)18(27)16-6-4-7-17(12-16)26-15(3)21-22-23-26/h4,6-7,12,14H,5,8-11,13H2,1-3H3/t20-/m1/s1. The molecule has 2 aromatic rings. The number of tetrazole rings is 1. The zero-order valence-electron chi connectivity index (χ0n) is 16.6. The smallest absolute Gasteiger partial charge is 0.253 e. The Hall–Kier alpha value is -2.77. The fourth-order valence-electron chi connectivity index (χ4n) is 4.44. The van der Waals surface area contributed by atoms with E-state index in [1.165, 1.54) is 0 Å². The Balaban J connectivity index is 1.54. The molecule has 8 nitrogen and oxygen atoms in total. The number of carbonyl (C=O) groups is 2. The maximum atomic E-state index is 13.1. The summed E-state index contributed by atoms with van der Waals surface area (Å²) in [6.07, 6.45) is 2.61. The number of amides is 2. The molecule has 0 radical (unpaired) electrons. The van der Waals surface area contributed by atoms with E-state index in [0.29, 0.717) is 24.5 Å². The van der Waals surface area contributed by atoms with Crippen LogP contribution < -0.4 is 0 Å². The van der Waals surface area contributed by atoms with E-state index in [0.717, 1.165) is 31.5 Å². The normalized spacial score (nSPS) is 22.5. The Morgan fingerprint density at radius 2 is 2.04 bits per heavy atom. The van der Waals surface area contributed by atoms with E-state index in [1.807, 2.05) is 28.9 Å². The van der Waals surface area contributed by atoms with Crippen LogP contribution in [-0.4, -0.2) is 67.5 Å². The van der Waals surface area contributed by atoms with Crippen LogP contribution in [0.2, 0.25) is 0 Å². The molecule has 3 heterocycles. The summed E-state index contributed by atoms with van der Waals surface area (Å²) in [5, 5.41) is 11.5. The Kier molecular flexibility index (Phi) is 4.64. The number of carbonyl (C=O) groups excluding carboxylic acids is 2. The summed E-state index contributed by atoms with van der Waals surface area (Å²) in [5.74, 6) is 0.826. The van der Waals surface area contributed by atoms with Gasteiger partial charge in [0.2, 0.25) is 5.91 Å². The molecule has 0 bridgehead atoms. The van der Waals surface area contributed by atoms with Crippen molar-refractivity contribution in [1.29, 1.82) is 0 Å². The molecule has 1 aromatic heterocycles. The largest absolute Gasteiger partial charge is 0.340 e. The lowest BCUT2D eigenvalue weighted by atomic mass is 9.78. The highest BCUT2D eigenvalue weighted by molar-refractivity contribution is 5.96. The van der Waals surface area contributed by atoms with Gasteiger partial charge in [-0.05, 0) is 68.7 Å². The van der Waals surface area contributed by atoms with Gasteiger partial charge >= 0.3 is 0 Å². The van der Waals surface area contributed by atoms with Gasteiger partial charge in [-0.25, -0.2) is 0 Å². The van der Waals surface area contributed by atoms with Gasteiger partial charge in [0.15, 0.2) is 5.82 Å². The highest BCUT2D eigenvalue weighted by atomic mass is 16.2. The predicted octanol–water partition coefficient (Wildman–Crippen LogP) is 1.83. The molecule has 8 heteroatoms. The molecule has 1 atom stereocenters. The zero-order valence-corrected chi connectivity index (χ0v) is 16.6. The van der Waals surface area contributed by atoms with Crippen molar-refractivity contribution < 1.29 is 9.59 Å². The summed E-state index contributed by atoms with van der Waals surface area (Å²) in [5.41, 5.74) is 0.928. The van der Waals surface area contributed by atoms with Gasteiger partial charge in [0.05, 0.1) is 11.1 Å². The number of hydrogen-bond acceptors (Lipinski definition) is 5. The minimum atomic E-state index is -0.414. The van der Waals surface area contributed by atoms with Crippen molar-refractivity contribution in [2.24, 2.45) is 5.41 Å². The third-order valence-electron chi connectivity index (χ3n) is 6.00. The van der Waals surface area contributed by atoms with E-state index in [4.69, 9.17) is 0 Å². The van der Waals surface area contributed by atoms with Gasteiger partial charge in [0.25, 0.3) is 5.91 Å². The van der Waals surface area contributed by atoms with Crippen molar-refractivity contribution in [3.63, 3.8) is 0 Å². The van der Waals surface area contributed by atoms with Crippen LogP contribution in [0.25, 0.3) is 5.69 Å². The van der Waals surface area contributed by atoms with E-state index in [1.54, 1.807) is 16.8 Å². The number of aromatic nitrogens is 4. The zero-order chi connectivity index (χ0) is 19.9. The highest BCUT2D eigenvalue weighted by Gasteiger charge is 2.49. The molecule has 2 aliphatic rings. The van der Waals surface area contributed by atoms with Crippen molar-refractivity contribution in [2.45, 2.75) is 46.1 Å². The number of aryl methyl sites for hydroxylation is 1. The van der Waals surface area contributed by atoms with Crippen molar-refractivity contribution in [2.75, 3.05) is 19.6 Å². The second-order valence-corrected chi connectivity index (χ2v) is 8.14. The first kappa shape index (κ1) is 18.6. The molecule has 2 saturated heterocycles. The average Bonchev–Trinajstić information content (AvgIpc) is 3.30. The number of hydrogen-bond donors (Lipinski definition) is 0. The Labute approximate surface area is 164 Å². The number of benzene rings is 1. The van der Waals surface area contributed by atoms with Crippen LogP contribution in [0.5, 0.6) is 0 Å². The molecule has 28 heavy (non-hydrogen) atoms. The first-order chi connectivity index (χ1) is 13.4. The molecule has 148 valence electrons. The van der Waals surface area contributed by atoms with Gasteiger partial charge in [-0.2, -0.15) is 4.68 Å². The van der Waals surface area contributed by atoms with E-state index < -0.39 is 5.41 Å². The molecule has 1 aromatic carbocycles. The number of likely N-dealkylation sites (tertiary alicyclic amines) is 2. The molecule has 4 rings (SSSR count). The van der Waals surface area contributed by atoms with E-state index in [9.17, 15) is 9.59 Å². The van der Waals surface area contributed by atoms with Crippen LogP contribution in [0.1, 0.15) is 49.3 Å². The van der Waals surface area contributed by atoms with Crippen LogP contribution in [0, 0.1) is 12.3 Å². The van der Waals surface area contributed by atoms with Gasteiger partial charge in [0, 0.05) is 31.2 Å². The second kappa shape index (κ2) is 7.00. The minimum absolute atomic E-state index is 0.0427. The van der Waals surface area contributed by atoms with Crippen LogP contribution in [0.3, 0.4) is 0 Å². The topological polar surface area (TPSA) is 84.2 Å². The lowest BCUT2D eigenvalue weighted by Crippen LogP contribution is -2.52. The number of nitrogens with zero attached hydrogens (tertiary/aromatic N) is 6. The lowest BCUT2D eigenvalue weighted by Gasteiger charge is -2.41. The second-order valence-electron chi connectivity index (χ2n) is 8.14.